The van der Waals surface area contributed by atoms with Gasteiger partial charge in [0.2, 0.25) is 0 Å². The summed E-state index contributed by atoms with van der Waals surface area (Å²) in [6.07, 6.45) is 7.78. The number of imidazole rings is 1. The number of hydrogen-bond donors (Lipinski definition) is 3. The predicted molar refractivity (Wildman–Crippen MR) is 74.7 cm³/mol. The molecule has 6 heteroatoms. The minimum atomic E-state index is -0.0428. The highest BCUT2D eigenvalue weighted by Crippen LogP contribution is 2.34. The van der Waals surface area contributed by atoms with E-state index in [0.29, 0.717) is 12.2 Å². The van der Waals surface area contributed by atoms with Crippen molar-refractivity contribution in [3.05, 3.63) is 12.7 Å². The average Bonchev–Trinajstić information content (AvgIpc) is 2.91. The van der Waals surface area contributed by atoms with Gasteiger partial charge in [0.05, 0.1) is 11.9 Å². The maximum Gasteiger partial charge on any atom is 0.182 e. The first-order valence-electron chi connectivity index (χ1n) is 6.85. The highest BCUT2D eigenvalue weighted by Gasteiger charge is 2.33. The molecule has 0 aliphatic heterocycles. The molecule has 0 aromatic carbocycles. The third kappa shape index (κ3) is 2.28. The SMILES string of the molecule is CC1CCC(CN)(Nc2ncnc3nc[nH]c23)CC1. The molecule has 1 aliphatic carbocycles. The van der Waals surface area contributed by atoms with E-state index >= 15 is 0 Å². The Bertz CT molecular complexity index is 555. The Morgan fingerprint density at radius 3 is 2.89 bits per heavy atom. The number of rotatable bonds is 3. The van der Waals surface area contributed by atoms with Gasteiger partial charge >= 0.3 is 0 Å². The smallest absolute Gasteiger partial charge is 0.182 e. The fourth-order valence-electron chi connectivity index (χ4n) is 2.81. The lowest BCUT2D eigenvalue weighted by Crippen LogP contribution is -2.48. The lowest BCUT2D eigenvalue weighted by molar-refractivity contribution is 0.271. The maximum absolute atomic E-state index is 6.02. The Labute approximate surface area is 112 Å². The summed E-state index contributed by atoms with van der Waals surface area (Å²) in [5.41, 5.74) is 7.52. The van der Waals surface area contributed by atoms with Gasteiger partial charge in [0.1, 0.15) is 11.8 Å². The quantitative estimate of drug-likeness (QED) is 0.780. The number of aromatic nitrogens is 4. The number of nitrogens with two attached hydrogens (primary N) is 1. The van der Waals surface area contributed by atoms with Gasteiger partial charge in [-0.1, -0.05) is 6.92 Å². The summed E-state index contributed by atoms with van der Waals surface area (Å²) in [4.78, 5) is 15.7. The number of fused-ring (bicyclic) bond motifs is 1. The molecule has 2 aromatic heterocycles. The van der Waals surface area contributed by atoms with E-state index in [0.717, 1.165) is 30.1 Å². The molecule has 1 saturated carbocycles. The van der Waals surface area contributed by atoms with E-state index in [1.54, 1.807) is 12.7 Å². The van der Waals surface area contributed by atoms with Crippen molar-refractivity contribution in [1.82, 2.24) is 19.9 Å². The summed E-state index contributed by atoms with van der Waals surface area (Å²) < 4.78 is 0. The van der Waals surface area contributed by atoms with Gasteiger partial charge in [-0.3, -0.25) is 0 Å². The highest BCUT2D eigenvalue weighted by atomic mass is 15.1. The fraction of sp³-hybridized carbons (Fsp3) is 0.615. The first-order chi connectivity index (χ1) is 9.22. The second kappa shape index (κ2) is 4.77. The summed E-state index contributed by atoms with van der Waals surface area (Å²) >= 11 is 0. The second-order valence-corrected chi connectivity index (χ2v) is 5.62. The lowest BCUT2D eigenvalue weighted by Gasteiger charge is -2.39. The summed E-state index contributed by atoms with van der Waals surface area (Å²) in [6, 6.07) is 0. The van der Waals surface area contributed by atoms with E-state index in [4.69, 9.17) is 5.73 Å². The molecule has 3 rings (SSSR count). The zero-order valence-corrected chi connectivity index (χ0v) is 11.2. The standard InChI is InChI=1S/C13H20N6/c1-9-2-4-13(6-14,5-3-9)19-12-10-11(16-7-15-10)17-8-18-12/h7-9H,2-6,14H2,1H3,(H2,15,16,17,18,19). The van der Waals surface area contributed by atoms with Gasteiger partial charge in [-0.25, -0.2) is 15.0 Å². The van der Waals surface area contributed by atoms with Crippen molar-refractivity contribution in [3.63, 3.8) is 0 Å². The molecule has 2 aromatic rings. The van der Waals surface area contributed by atoms with Crippen LogP contribution >= 0.6 is 0 Å². The van der Waals surface area contributed by atoms with E-state index < -0.39 is 0 Å². The molecule has 0 amide bonds. The van der Waals surface area contributed by atoms with E-state index in [1.807, 2.05) is 0 Å². The predicted octanol–water partition coefficient (Wildman–Crippen LogP) is 1.67. The molecule has 102 valence electrons. The number of H-pyrrole nitrogens is 1. The Morgan fingerprint density at radius 2 is 2.16 bits per heavy atom. The zero-order chi connectivity index (χ0) is 13.3. The zero-order valence-electron chi connectivity index (χ0n) is 11.2. The van der Waals surface area contributed by atoms with Crippen molar-refractivity contribution in [3.8, 4) is 0 Å². The van der Waals surface area contributed by atoms with E-state index in [-0.39, 0.29) is 5.54 Å². The first kappa shape index (κ1) is 12.3. The van der Waals surface area contributed by atoms with Crippen LogP contribution in [0.25, 0.3) is 11.2 Å². The summed E-state index contributed by atoms with van der Waals surface area (Å²) in [6.45, 7) is 2.93. The maximum atomic E-state index is 6.02. The molecule has 0 spiro atoms. The molecule has 1 fully saturated rings. The molecule has 1 aliphatic rings. The number of aromatic amines is 1. The molecule has 19 heavy (non-hydrogen) atoms. The summed E-state index contributed by atoms with van der Waals surface area (Å²) in [5, 5.41) is 3.55. The minimum absolute atomic E-state index is 0.0428. The minimum Gasteiger partial charge on any atom is -0.361 e. The van der Waals surface area contributed by atoms with Crippen LogP contribution in [0.15, 0.2) is 12.7 Å². The van der Waals surface area contributed by atoms with Gasteiger partial charge in [-0.2, -0.15) is 0 Å². The molecule has 2 heterocycles. The van der Waals surface area contributed by atoms with Crippen molar-refractivity contribution >= 4 is 17.0 Å². The van der Waals surface area contributed by atoms with Crippen LogP contribution in [0.2, 0.25) is 0 Å². The third-order valence-corrected chi connectivity index (χ3v) is 4.23. The van der Waals surface area contributed by atoms with E-state index in [9.17, 15) is 0 Å². The number of nitrogens with one attached hydrogen (secondary N) is 2. The van der Waals surface area contributed by atoms with Gasteiger partial charge < -0.3 is 16.0 Å². The molecule has 0 unspecified atom stereocenters. The van der Waals surface area contributed by atoms with Gasteiger partial charge in [0, 0.05) is 6.54 Å². The van der Waals surface area contributed by atoms with Crippen molar-refractivity contribution < 1.29 is 0 Å². The molecule has 6 nitrogen and oxygen atoms in total. The van der Waals surface area contributed by atoms with Crippen molar-refractivity contribution in [2.45, 2.75) is 38.1 Å². The van der Waals surface area contributed by atoms with Gasteiger partial charge in [0.25, 0.3) is 0 Å². The Balaban J connectivity index is 1.88. The van der Waals surface area contributed by atoms with Crippen LogP contribution in [0.3, 0.4) is 0 Å². The Morgan fingerprint density at radius 1 is 1.37 bits per heavy atom. The normalized spacial score (nSPS) is 27.6. The topological polar surface area (TPSA) is 92.5 Å². The van der Waals surface area contributed by atoms with Crippen LogP contribution in [0.1, 0.15) is 32.6 Å². The van der Waals surface area contributed by atoms with Crippen LogP contribution < -0.4 is 11.1 Å². The summed E-state index contributed by atoms with van der Waals surface area (Å²) in [5.74, 6) is 1.60. The van der Waals surface area contributed by atoms with Gasteiger partial charge in [-0.05, 0) is 31.6 Å². The molecule has 0 atom stereocenters. The largest absolute Gasteiger partial charge is 0.361 e. The number of hydrogen-bond acceptors (Lipinski definition) is 5. The van der Waals surface area contributed by atoms with Crippen LogP contribution in [0, 0.1) is 5.92 Å². The number of nitrogens with zero attached hydrogens (tertiary/aromatic N) is 3. The van der Waals surface area contributed by atoms with Crippen LogP contribution in [0.5, 0.6) is 0 Å². The second-order valence-electron chi connectivity index (χ2n) is 5.62. The van der Waals surface area contributed by atoms with Crippen molar-refractivity contribution in [2.75, 3.05) is 11.9 Å². The van der Waals surface area contributed by atoms with E-state index in [2.05, 4.69) is 32.2 Å². The molecule has 0 radical (unpaired) electrons. The molecular weight excluding hydrogens is 240 g/mol. The molecule has 0 bridgehead atoms. The molecular formula is C13H20N6. The van der Waals surface area contributed by atoms with Crippen LogP contribution in [-0.4, -0.2) is 32.0 Å². The average molecular weight is 260 g/mol. The molecule has 4 N–H and O–H groups in total. The Hall–Kier alpha value is -1.69. The lowest BCUT2D eigenvalue weighted by atomic mass is 9.77. The number of anilines is 1. The fourth-order valence-corrected chi connectivity index (χ4v) is 2.81. The highest BCUT2D eigenvalue weighted by molar-refractivity contribution is 5.82. The third-order valence-electron chi connectivity index (χ3n) is 4.23. The summed E-state index contributed by atoms with van der Waals surface area (Å²) in [7, 11) is 0. The van der Waals surface area contributed by atoms with Gasteiger partial charge in [-0.15, -0.1) is 0 Å². The Kier molecular flexibility index (Phi) is 3.10. The van der Waals surface area contributed by atoms with Crippen LogP contribution in [-0.2, 0) is 0 Å². The van der Waals surface area contributed by atoms with Gasteiger partial charge in [0.15, 0.2) is 11.5 Å². The van der Waals surface area contributed by atoms with Crippen molar-refractivity contribution in [1.29, 1.82) is 0 Å². The first-order valence-corrected chi connectivity index (χ1v) is 6.85. The van der Waals surface area contributed by atoms with Crippen LogP contribution in [0.4, 0.5) is 5.82 Å². The van der Waals surface area contributed by atoms with E-state index in [1.165, 1.54) is 12.8 Å². The monoisotopic (exact) mass is 260 g/mol. The van der Waals surface area contributed by atoms with Crippen molar-refractivity contribution in [2.24, 2.45) is 11.7 Å². The molecule has 0 saturated heterocycles.